The van der Waals surface area contributed by atoms with Gasteiger partial charge in [-0.1, -0.05) is 12.1 Å². The van der Waals surface area contributed by atoms with Crippen molar-refractivity contribution in [2.24, 2.45) is 0 Å². The van der Waals surface area contributed by atoms with Crippen molar-refractivity contribution in [2.75, 3.05) is 6.61 Å². The SMILES string of the molecule is CC(C)(O)COc1c(F)cccc1CO. The normalized spacial score (nSPS) is 11.5. The van der Waals surface area contributed by atoms with E-state index in [1.54, 1.807) is 19.9 Å². The maximum Gasteiger partial charge on any atom is 0.165 e. The molecule has 1 aromatic rings. The van der Waals surface area contributed by atoms with Crippen LogP contribution in [0.5, 0.6) is 5.75 Å². The van der Waals surface area contributed by atoms with Crippen molar-refractivity contribution in [3.05, 3.63) is 29.6 Å². The summed E-state index contributed by atoms with van der Waals surface area (Å²) in [6, 6.07) is 4.32. The quantitative estimate of drug-likeness (QED) is 0.798. The predicted octanol–water partition coefficient (Wildman–Crippen LogP) is 1.47. The first-order valence-corrected chi connectivity index (χ1v) is 4.67. The largest absolute Gasteiger partial charge is 0.487 e. The Morgan fingerprint density at radius 1 is 1.40 bits per heavy atom. The third-order valence-electron chi connectivity index (χ3n) is 1.79. The van der Waals surface area contributed by atoms with Crippen molar-refractivity contribution in [1.82, 2.24) is 0 Å². The van der Waals surface area contributed by atoms with E-state index in [9.17, 15) is 9.50 Å². The maximum absolute atomic E-state index is 13.3. The summed E-state index contributed by atoms with van der Waals surface area (Å²) >= 11 is 0. The fraction of sp³-hybridized carbons (Fsp3) is 0.455. The Kier molecular flexibility index (Phi) is 3.66. The first kappa shape index (κ1) is 11.9. The molecule has 0 heterocycles. The molecule has 0 bridgehead atoms. The molecule has 0 aliphatic carbocycles. The number of rotatable bonds is 4. The summed E-state index contributed by atoms with van der Waals surface area (Å²) in [4.78, 5) is 0. The van der Waals surface area contributed by atoms with Crippen LogP contribution in [0, 0.1) is 5.82 Å². The monoisotopic (exact) mass is 214 g/mol. The lowest BCUT2D eigenvalue weighted by molar-refractivity contribution is 0.0263. The zero-order chi connectivity index (χ0) is 11.5. The number of aliphatic hydroxyl groups is 2. The van der Waals surface area contributed by atoms with Crippen molar-refractivity contribution < 1.29 is 19.3 Å². The van der Waals surface area contributed by atoms with E-state index < -0.39 is 11.4 Å². The van der Waals surface area contributed by atoms with E-state index in [1.807, 2.05) is 0 Å². The highest BCUT2D eigenvalue weighted by molar-refractivity contribution is 5.34. The second-order valence-electron chi connectivity index (χ2n) is 3.99. The van der Waals surface area contributed by atoms with E-state index >= 15 is 0 Å². The molecule has 0 spiro atoms. The Morgan fingerprint density at radius 3 is 2.60 bits per heavy atom. The van der Waals surface area contributed by atoms with Crippen LogP contribution < -0.4 is 4.74 Å². The number of hydrogen-bond donors (Lipinski definition) is 2. The van der Waals surface area contributed by atoms with E-state index in [-0.39, 0.29) is 19.0 Å². The van der Waals surface area contributed by atoms with Crippen molar-refractivity contribution in [3.8, 4) is 5.75 Å². The van der Waals surface area contributed by atoms with E-state index in [0.29, 0.717) is 5.56 Å². The van der Waals surface area contributed by atoms with Crippen LogP contribution in [0.15, 0.2) is 18.2 Å². The summed E-state index contributed by atoms with van der Waals surface area (Å²) in [5.74, 6) is -0.534. The molecular formula is C11H15FO3. The Labute approximate surface area is 88.1 Å². The standard InChI is InChI=1S/C11H15FO3/c1-11(2,14)7-15-10-8(6-13)4-3-5-9(10)12/h3-5,13-14H,6-7H2,1-2H3. The average Bonchev–Trinajstić information content (AvgIpc) is 2.14. The molecule has 84 valence electrons. The summed E-state index contributed by atoms with van der Waals surface area (Å²) in [5, 5.41) is 18.4. The molecule has 0 aromatic heterocycles. The molecule has 0 saturated heterocycles. The van der Waals surface area contributed by atoms with Gasteiger partial charge in [0.05, 0.1) is 12.2 Å². The highest BCUT2D eigenvalue weighted by Crippen LogP contribution is 2.23. The van der Waals surface area contributed by atoms with Crippen LogP contribution in [0.3, 0.4) is 0 Å². The van der Waals surface area contributed by atoms with Crippen molar-refractivity contribution >= 4 is 0 Å². The number of benzene rings is 1. The zero-order valence-corrected chi connectivity index (χ0v) is 8.83. The summed E-state index contributed by atoms with van der Waals surface area (Å²) in [5.41, 5.74) is -0.658. The Hall–Kier alpha value is -1.13. The van der Waals surface area contributed by atoms with Crippen molar-refractivity contribution in [1.29, 1.82) is 0 Å². The van der Waals surface area contributed by atoms with Gasteiger partial charge in [0.2, 0.25) is 0 Å². The van der Waals surface area contributed by atoms with Crippen LogP contribution in [-0.4, -0.2) is 22.4 Å². The highest BCUT2D eigenvalue weighted by atomic mass is 19.1. The molecule has 3 nitrogen and oxygen atoms in total. The first-order chi connectivity index (χ1) is 6.94. The molecule has 0 saturated carbocycles. The van der Waals surface area contributed by atoms with Gasteiger partial charge in [0, 0.05) is 5.56 Å². The maximum atomic E-state index is 13.3. The zero-order valence-electron chi connectivity index (χ0n) is 8.83. The van der Waals surface area contributed by atoms with Gasteiger partial charge in [-0.3, -0.25) is 0 Å². The van der Waals surface area contributed by atoms with Crippen LogP contribution >= 0.6 is 0 Å². The molecule has 0 atom stereocenters. The minimum atomic E-state index is -1.03. The summed E-state index contributed by atoms with van der Waals surface area (Å²) in [6.07, 6.45) is 0. The smallest absolute Gasteiger partial charge is 0.165 e. The second-order valence-corrected chi connectivity index (χ2v) is 3.99. The number of hydrogen-bond acceptors (Lipinski definition) is 3. The third-order valence-corrected chi connectivity index (χ3v) is 1.79. The van der Waals surface area contributed by atoms with Crippen LogP contribution in [0.1, 0.15) is 19.4 Å². The fourth-order valence-electron chi connectivity index (χ4n) is 1.09. The fourth-order valence-corrected chi connectivity index (χ4v) is 1.09. The molecule has 0 radical (unpaired) electrons. The number of ether oxygens (including phenoxy) is 1. The molecule has 0 unspecified atom stereocenters. The van der Waals surface area contributed by atoms with Gasteiger partial charge in [-0.15, -0.1) is 0 Å². The van der Waals surface area contributed by atoms with Gasteiger partial charge in [0.15, 0.2) is 11.6 Å². The molecule has 2 N–H and O–H groups in total. The molecule has 0 fully saturated rings. The highest BCUT2D eigenvalue weighted by Gasteiger charge is 2.16. The molecule has 1 aromatic carbocycles. The van der Waals surface area contributed by atoms with Crippen molar-refractivity contribution in [3.63, 3.8) is 0 Å². The van der Waals surface area contributed by atoms with Crippen molar-refractivity contribution in [2.45, 2.75) is 26.1 Å². The molecule has 0 aliphatic rings. The lowest BCUT2D eigenvalue weighted by Crippen LogP contribution is -2.28. The van der Waals surface area contributed by atoms with Gasteiger partial charge < -0.3 is 14.9 Å². The molecule has 0 aliphatic heterocycles. The number of halogens is 1. The molecule has 1 rings (SSSR count). The van der Waals surface area contributed by atoms with Crippen LogP contribution in [0.4, 0.5) is 4.39 Å². The summed E-state index contributed by atoms with van der Waals surface area (Å²) < 4.78 is 18.4. The first-order valence-electron chi connectivity index (χ1n) is 4.67. The lowest BCUT2D eigenvalue weighted by atomic mass is 10.1. The van der Waals surface area contributed by atoms with Gasteiger partial charge in [0.25, 0.3) is 0 Å². The minimum absolute atomic E-state index is 0.00197. The second kappa shape index (κ2) is 4.59. The van der Waals surface area contributed by atoms with Gasteiger partial charge in [-0.2, -0.15) is 0 Å². The molecule has 4 heteroatoms. The average molecular weight is 214 g/mol. The topological polar surface area (TPSA) is 49.7 Å². The Bertz CT molecular complexity index is 331. The molecular weight excluding hydrogens is 199 g/mol. The van der Waals surface area contributed by atoms with E-state index in [4.69, 9.17) is 9.84 Å². The summed E-state index contributed by atoms with van der Waals surface area (Å²) in [7, 11) is 0. The molecule has 0 amide bonds. The molecule has 15 heavy (non-hydrogen) atoms. The lowest BCUT2D eigenvalue weighted by Gasteiger charge is -2.19. The Balaban J connectivity index is 2.83. The number of aliphatic hydroxyl groups excluding tert-OH is 1. The van der Waals surface area contributed by atoms with E-state index in [2.05, 4.69) is 0 Å². The van der Waals surface area contributed by atoms with Gasteiger partial charge in [-0.05, 0) is 19.9 Å². The van der Waals surface area contributed by atoms with E-state index in [0.717, 1.165) is 0 Å². The third kappa shape index (κ3) is 3.49. The Morgan fingerprint density at radius 2 is 2.07 bits per heavy atom. The van der Waals surface area contributed by atoms with Crippen LogP contribution in [-0.2, 0) is 6.61 Å². The van der Waals surface area contributed by atoms with Crippen LogP contribution in [0.2, 0.25) is 0 Å². The van der Waals surface area contributed by atoms with Gasteiger partial charge >= 0.3 is 0 Å². The predicted molar refractivity (Wildman–Crippen MR) is 54.1 cm³/mol. The van der Waals surface area contributed by atoms with Crippen LogP contribution in [0.25, 0.3) is 0 Å². The van der Waals surface area contributed by atoms with Gasteiger partial charge in [0.1, 0.15) is 6.61 Å². The number of para-hydroxylation sites is 1. The van der Waals surface area contributed by atoms with E-state index in [1.165, 1.54) is 12.1 Å². The minimum Gasteiger partial charge on any atom is -0.487 e. The van der Waals surface area contributed by atoms with Gasteiger partial charge in [-0.25, -0.2) is 4.39 Å². The summed E-state index contributed by atoms with van der Waals surface area (Å²) in [6.45, 7) is 2.80.